The van der Waals surface area contributed by atoms with E-state index in [4.69, 9.17) is 0 Å². The number of rotatable bonds is 7. The van der Waals surface area contributed by atoms with Crippen molar-refractivity contribution in [3.63, 3.8) is 0 Å². The maximum Gasteiger partial charge on any atom is 0.219 e. The maximum atomic E-state index is 10.7. The van der Waals surface area contributed by atoms with Gasteiger partial charge in [-0.3, -0.25) is 20.2 Å². The van der Waals surface area contributed by atoms with E-state index < -0.39 is 21.8 Å². The Labute approximate surface area is 105 Å². The molecule has 0 aromatic heterocycles. The van der Waals surface area contributed by atoms with Gasteiger partial charge in [0.1, 0.15) is 0 Å². The summed E-state index contributed by atoms with van der Waals surface area (Å²) in [6.45, 7) is 1.08. The topological polar surface area (TPSA) is 86.3 Å². The first-order valence-electron chi connectivity index (χ1n) is 5.80. The molecule has 0 heterocycles. The van der Waals surface area contributed by atoms with Crippen LogP contribution >= 0.6 is 0 Å². The zero-order chi connectivity index (χ0) is 13.5. The molecule has 0 aliphatic heterocycles. The van der Waals surface area contributed by atoms with Crippen LogP contribution in [0, 0.1) is 26.1 Å². The number of nitrogens with zero attached hydrogens (tertiary/aromatic N) is 2. The first kappa shape index (κ1) is 14.1. The molecule has 98 valence electrons. The lowest BCUT2D eigenvalue weighted by atomic mass is 9.94. The third-order valence-electron chi connectivity index (χ3n) is 3.04. The summed E-state index contributed by atoms with van der Waals surface area (Å²) >= 11 is 0. The standard InChI is InChI=1S/C12H16N2O4/c1-10(14(17)18)12(9-13(15)16)8-7-11-5-3-2-4-6-11/h2-6,10,12H,7-9H2,1H3/t10-,12-/m1/s1. The van der Waals surface area contributed by atoms with Crippen LogP contribution in [0.3, 0.4) is 0 Å². The fourth-order valence-corrected chi connectivity index (χ4v) is 1.85. The fraction of sp³-hybridized carbons (Fsp3) is 0.500. The van der Waals surface area contributed by atoms with Crippen LogP contribution in [-0.4, -0.2) is 22.4 Å². The van der Waals surface area contributed by atoms with Crippen LogP contribution in [0.25, 0.3) is 0 Å². The Morgan fingerprint density at radius 2 is 1.78 bits per heavy atom. The van der Waals surface area contributed by atoms with E-state index in [9.17, 15) is 20.2 Å². The molecule has 0 unspecified atom stereocenters. The molecular weight excluding hydrogens is 236 g/mol. The molecule has 0 amide bonds. The van der Waals surface area contributed by atoms with E-state index in [1.807, 2.05) is 30.3 Å². The van der Waals surface area contributed by atoms with Gasteiger partial charge in [-0.25, -0.2) is 0 Å². The van der Waals surface area contributed by atoms with Crippen molar-refractivity contribution in [1.82, 2.24) is 0 Å². The zero-order valence-corrected chi connectivity index (χ0v) is 10.2. The lowest BCUT2D eigenvalue weighted by Gasteiger charge is -2.14. The monoisotopic (exact) mass is 252 g/mol. The minimum Gasteiger partial charge on any atom is -0.265 e. The highest BCUT2D eigenvalue weighted by molar-refractivity contribution is 5.14. The summed E-state index contributed by atoms with van der Waals surface area (Å²) in [5, 5.41) is 21.2. The second kappa shape index (κ2) is 6.68. The summed E-state index contributed by atoms with van der Waals surface area (Å²) in [6.07, 6.45) is 1.07. The van der Waals surface area contributed by atoms with Gasteiger partial charge in [-0.1, -0.05) is 30.3 Å². The normalized spacial score (nSPS) is 13.8. The summed E-state index contributed by atoms with van der Waals surface area (Å²) in [6, 6.07) is 8.60. The highest BCUT2D eigenvalue weighted by atomic mass is 16.6. The molecule has 0 N–H and O–H groups in total. The van der Waals surface area contributed by atoms with Crippen molar-refractivity contribution in [1.29, 1.82) is 0 Å². The Bertz CT molecular complexity index is 408. The molecule has 1 aromatic rings. The first-order chi connectivity index (χ1) is 8.50. The van der Waals surface area contributed by atoms with E-state index in [0.717, 1.165) is 5.56 Å². The van der Waals surface area contributed by atoms with Gasteiger partial charge in [-0.05, 0) is 18.4 Å². The van der Waals surface area contributed by atoms with Crippen LogP contribution < -0.4 is 0 Å². The third kappa shape index (κ3) is 4.48. The van der Waals surface area contributed by atoms with Crippen molar-refractivity contribution in [3.8, 4) is 0 Å². The molecule has 1 rings (SSSR count). The van der Waals surface area contributed by atoms with E-state index in [1.54, 1.807) is 0 Å². The molecule has 6 heteroatoms. The summed E-state index contributed by atoms with van der Waals surface area (Å²) in [5.74, 6) is -0.532. The molecule has 0 saturated carbocycles. The van der Waals surface area contributed by atoms with Crippen LogP contribution in [0.2, 0.25) is 0 Å². The molecule has 0 bridgehead atoms. The van der Waals surface area contributed by atoms with Crippen LogP contribution in [0.4, 0.5) is 0 Å². The number of nitro groups is 2. The second-order valence-corrected chi connectivity index (χ2v) is 4.33. The smallest absolute Gasteiger partial charge is 0.219 e. The Morgan fingerprint density at radius 3 is 2.28 bits per heavy atom. The average Bonchev–Trinajstić information content (AvgIpc) is 2.34. The van der Waals surface area contributed by atoms with Crippen LogP contribution in [0.15, 0.2) is 30.3 Å². The molecular formula is C12H16N2O4. The number of benzene rings is 1. The lowest BCUT2D eigenvalue weighted by molar-refractivity contribution is -0.551. The van der Waals surface area contributed by atoms with E-state index in [1.165, 1.54) is 6.92 Å². The van der Waals surface area contributed by atoms with Gasteiger partial charge in [0.25, 0.3) is 0 Å². The van der Waals surface area contributed by atoms with E-state index >= 15 is 0 Å². The predicted octanol–water partition coefficient (Wildman–Crippen LogP) is 2.18. The van der Waals surface area contributed by atoms with Crippen molar-refractivity contribution in [3.05, 3.63) is 56.1 Å². The van der Waals surface area contributed by atoms with Gasteiger partial charge in [-0.2, -0.15) is 0 Å². The SMILES string of the molecule is C[C@H]([C@H](CCc1ccccc1)C[N+](=O)[O-])[N+](=O)[O-]. The van der Waals surface area contributed by atoms with Gasteiger partial charge in [0, 0.05) is 16.8 Å². The minimum absolute atomic E-state index is 0.352. The second-order valence-electron chi connectivity index (χ2n) is 4.33. The molecule has 0 saturated heterocycles. The third-order valence-corrected chi connectivity index (χ3v) is 3.04. The largest absolute Gasteiger partial charge is 0.265 e. The van der Waals surface area contributed by atoms with Crippen LogP contribution in [0.5, 0.6) is 0 Å². The van der Waals surface area contributed by atoms with Crippen LogP contribution in [-0.2, 0) is 6.42 Å². The number of hydrogen-bond donors (Lipinski definition) is 0. The van der Waals surface area contributed by atoms with E-state index in [-0.39, 0.29) is 6.54 Å². The quantitative estimate of drug-likeness (QED) is 0.549. The Balaban J connectivity index is 2.61. The Kier molecular flexibility index (Phi) is 5.23. The number of aryl methyl sites for hydroxylation is 1. The first-order valence-corrected chi connectivity index (χ1v) is 5.80. The highest BCUT2D eigenvalue weighted by Gasteiger charge is 2.30. The Morgan fingerprint density at radius 1 is 1.17 bits per heavy atom. The maximum absolute atomic E-state index is 10.7. The lowest BCUT2D eigenvalue weighted by Crippen LogP contribution is -2.31. The van der Waals surface area contributed by atoms with Crippen molar-refractivity contribution in [2.24, 2.45) is 5.92 Å². The molecule has 0 aliphatic rings. The van der Waals surface area contributed by atoms with E-state index in [2.05, 4.69) is 0 Å². The molecule has 1 aromatic carbocycles. The summed E-state index contributed by atoms with van der Waals surface area (Å²) in [7, 11) is 0. The number of hydrogen-bond acceptors (Lipinski definition) is 4. The molecule has 0 radical (unpaired) electrons. The van der Waals surface area contributed by atoms with Crippen molar-refractivity contribution >= 4 is 0 Å². The summed E-state index contributed by atoms with van der Waals surface area (Å²) < 4.78 is 0. The van der Waals surface area contributed by atoms with Gasteiger partial charge in [0.05, 0.1) is 5.92 Å². The van der Waals surface area contributed by atoms with Crippen molar-refractivity contribution in [2.45, 2.75) is 25.8 Å². The molecule has 0 aliphatic carbocycles. The molecule has 0 fully saturated rings. The molecule has 18 heavy (non-hydrogen) atoms. The fourth-order valence-electron chi connectivity index (χ4n) is 1.85. The van der Waals surface area contributed by atoms with Gasteiger partial charge < -0.3 is 0 Å². The average molecular weight is 252 g/mol. The van der Waals surface area contributed by atoms with Crippen LogP contribution in [0.1, 0.15) is 18.9 Å². The van der Waals surface area contributed by atoms with Gasteiger partial charge >= 0.3 is 0 Å². The van der Waals surface area contributed by atoms with E-state index in [0.29, 0.717) is 12.8 Å². The molecule has 2 atom stereocenters. The predicted molar refractivity (Wildman–Crippen MR) is 66.6 cm³/mol. The minimum atomic E-state index is -0.890. The zero-order valence-electron chi connectivity index (χ0n) is 10.2. The summed E-state index contributed by atoms with van der Waals surface area (Å²) in [4.78, 5) is 20.3. The van der Waals surface area contributed by atoms with Crippen molar-refractivity contribution < 1.29 is 9.85 Å². The highest BCUT2D eigenvalue weighted by Crippen LogP contribution is 2.16. The molecule has 0 spiro atoms. The van der Waals surface area contributed by atoms with Gasteiger partial charge in [0.15, 0.2) is 0 Å². The molecule has 6 nitrogen and oxygen atoms in total. The van der Waals surface area contributed by atoms with Crippen molar-refractivity contribution in [2.75, 3.05) is 6.54 Å². The Hall–Kier alpha value is -1.98. The van der Waals surface area contributed by atoms with Gasteiger partial charge in [-0.15, -0.1) is 0 Å². The summed E-state index contributed by atoms with van der Waals surface area (Å²) in [5.41, 5.74) is 1.04. The van der Waals surface area contributed by atoms with Gasteiger partial charge in [0.2, 0.25) is 12.6 Å².